The molecule has 0 aliphatic heterocycles. The number of hydrogen-bond donors (Lipinski definition) is 2. The van der Waals surface area contributed by atoms with Crippen molar-refractivity contribution in [2.45, 2.75) is 65.3 Å². The lowest BCUT2D eigenvalue weighted by atomic mass is 9.71. The van der Waals surface area contributed by atoms with Crippen molar-refractivity contribution in [2.24, 2.45) is 11.3 Å². The van der Waals surface area contributed by atoms with Crippen LogP contribution in [0.25, 0.3) is 0 Å². The molecule has 1 unspecified atom stereocenters. The Balaban J connectivity index is 2.61. The van der Waals surface area contributed by atoms with E-state index in [2.05, 4.69) is 5.32 Å². The van der Waals surface area contributed by atoms with E-state index in [9.17, 15) is 14.7 Å². The lowest BCUT2D eigenvalue weighted by Gasteiger charge is -2.33. The highest BCUT2D eigenvalue weighted by molar-refractivity contribution is 5.85. The first kappa shape index (κ1) is 15.0. The Kier molecular flexibility index (Phi) is 5.17. The van der Waals surface area contributed by atoms with E-state index < -0.39 is 11.4 Å². The summed E-state index contributed by atoms with van der Waals surface area (Å²) in [5.74, 6) is -0.573. The van der Waals surface area contributed by atoms with E-state index in [0.29, 0.717) is 18.8 Å². The number of rotatable bonds is 5. The van der Waals surface area contributed by atoms with Crippen LogP contribution in [0.4, 0.5) is 0 Å². The monoisotopic (exact) mass is 255 g/mol. The fourth-order valence-corrected chi connectivity index (χ4v) is 2.47. The predicted octanol–water partition coefficient (Wildman–Crippen LogP) is 2.57. The Labute approximate surface area is 109 Å². The minimum Gasteiger partial charge on any atom is -0.481 e. The van der Waals surface area contributed by atoms with Crippen LogP contribution in [0.15, 0.2) is 0 Å². The van der Waals surface area contributed by atoms with Gasteiger partial charge in [-0.05, 0) is 25.7 Å². The number of aliphatic carboxylic acids is 1. The van der Waals surface area contributed by atoms with Gasteiger partial charge in [-0.25, -0.2) is 0 Å². The van der Waals surface area contributed by atoms with Gasteiger partial charge in [0, 0.05) is 12.5 Å². The lowest BCUT2D eigenvalue weighted by Crippen LogP contribution is -2.42. The second-order valence-electron chi connectivity index (χ2n) is 5.92. The Hall–Kier alpha value is -1.06. The minimum absolute atomic E-state index is 0.0898. The molecule has 0 radical (unpaired) electrons. The van der Waals surface area contributed by atoms with Crippen LogP contribution in [-0.4, -0.2) is 23.0 Å². The molecule has 1 aliphatic rings. The van der Waals surface area contributed by atoms with Crippen molar-refractivity contribution in [3.63, 3.8) is 0 Å². The van der Waals surface area contributed by atoms with Crippen molar-refractivity contribution in [1.82, 2.24) is 5.32 Å². The van der Waals surface area contributed by atoms with Gasteiger partial charge in [0.1, 0.15) is 0 Å². The summed E-state index contributed by atoms with van der Waals surface area (Å²) in [7, 11) is 0. The number of carboxylic acid groups (broad SMARTS) is 1. The van der Waals surface area contributed by atoms with Gasteiger partial charge in [0.25, 0.3) is 0 Å². The van der Waals surface area contributed by atoms with Gasteiger partial charge in [0.2, 0.25) is 5.91 Å². The number of hydrogen-bond acceptors (Lipinski definition) is 2. The smallest absolute Gasteiger partial charge is 0.310 e. The SMILES string of the molecule is CC(C)C(C)NC(=O)CC1(C(=O)O)CCCCC1. The van der Waals surface area contributed by atoms with Crippen LogP contribution < -0.4 is 5.32 Å². The molecule has 0 saturated heterocycles. The van der Waals surface area contributed by atoms with E-state index >= 15 is 0 Å². The van der Waals surface area contributed by atoms with E-state index in [0.717, 1.165) is 19.3 Å². The first-order valence-electron chi connectivity index (χ1n) is 6.90. The van der Waals surface area contributed by atoms with Gasteiger partial charge in [-0.2, -0.15) is 0 Å². The number of carbonyl (C=O) groups excluding carboxylic acids is 1. The summed E-state index contributed by atoms with van der Waals surface area (Å²) in [6.45, 7) is 6.04. The molecular weight excluding hydrogens is 230 g/mol. The van der Waals surface area contributed by atoms with Crippen LogP contribution >= 0.6 is 0 Å². The molecule has 1 amide bonds. The average Bonchev–Trinajstić information content (AvgIpc) is 2.29. The quantitative estimate of drug-likeness (QED) is 0.793. The van der Waals surface area contributed by atoms with Crippen molar-refractivity contribution < 1.29 is 14.7 Å². The molecule has 1 saturated carbocycles. The van der Waals surface area contributed by atoms with Gasteiger partial charge in [-0.1, -0.05) is 33.1 Å². The first-order chi connectivity index (χ1) is 8.37. The van der Waals surface area contributed by atoms with E-state index in [1.165, 1.54) is 0 Å². The zero-order valence-electron chi connectivity index (χ0n) is 11.7. The molecular formula is C14H25NO3. The van der Waals surface area contributed by atoms with Crippen LogP contribution in [0, 0.1) is 11.3 Å². The number of carbonyl (C=O) groups is 2. The van der Waals surface area contributed by atoms with Gasteiger partial charge in [-0.3, -0.25) is 9.59 Å². The highest BCUT2D eigenvalue weighted by Crippen LogP contribution is 2.39. The summed E-state index contributed by atoms with van der Waals surface area (Å²) in [5.41, 5.74) is -0.820. The Morgan fingerprint density at radius 2 is 1.72 bits per heavy atom. The largest absolute Gasteiger partial charge is 0.481 e. The number of nitrogens with one attached hydrogen (secondary N) is 1. The Bertz CT molecular complexity index is 306. The van der Waals surface area contributed by atoms with E-state index in [-0.39, 0.29) is 18.4 Å². The van der Waals surface area contributed by atoms with Crippen molar-refractivity contribution in [3.05, 3.63) is 0 Å². The van der Waals surface area contributed by atoms with Gasteiger partial charge < -0.3 is 10.4 Å². The third-order valence-corrected chi connectivity index (χ3v) is 4.15. The summed E-state index contributed by atoms with van der Waals surface area (Å²) in [6, 6.07) is 0.0898. The van der Waals surface area contributed by atoms with Gasteiger partial charge in [0.15, 0.2) is 0 Å². The highest BCUT2D eigenvalue weighted by atomic mass is 16.4. The van der Waals surface area contributed by atoms with Gasteiger partial charge in [0.05, 0.1) is 5.41 Å². The first-order valence-corrected chi connectivity index (χ1v) is 6.90. The molecule has 1 fully saturated rings. The molecule has 1 rings (SSSR count). The molecule has 2 N–H and O–H groups in total. The third-order valence-electron chi connectivity index (χ3n) is 4.15. The van der Waals surface area contributed by atoms with Crippen LogP contribution in [0.3, 0.4) is 0 Å². The summed E-state index contributed by atoms with van der Waals surface area (Å²) < 4.78 is 0. The molecule has 0 aromatic rings. The van der Waals surface area contributed by atoms with Gasteiger partial charge in [-0.15, -0.1) is 0 Å². The predicted molar refractivity (Wildman–Crippen MR) is 70.2 cm³/mol. The lowest BCUT2D eigenvalue weighted by molar-refractivity contribution is -0.154. The van der Waals surface area contributed by atoms with Crippen molar-refractivity contribution in [3.8, 4) is 0 Å². The van der Waals surface area contributed by atoms with Crippen molar-refractivity contribution in [2.75, 3.05) is 0 Å². The Morgan fingerprint density at radius 1 is 1.17 bits per heavy atom. The summed E-state index contributed by atoms with van der Waals surface area (Å²) in [6.07, 6.45) is 4.30. The topological polar surface area (TPSA) is 66.4 Å². The zero-order chi connectivity index (χ0) is 13.8. The van der Waals surface area contributed by atoms with Crippen molar-refractivity contribution >= 4 is 11.9 Å². The fraction of sp³-hybridized carbons (Fsp3) is 0.857. The van der Waals surface area contributed by atoms with Gasteiger partial charge >= 0.3 is 5.97 Å². The van der Waals surface area contributed by atoms with Crippen LogP contribution in [0.1, 0.15) is 59.3 Å². The molecule has 0 bridgehead atoms. The molecule has 0 aromatic carbocycles. The molecule has 0 spiro atoms. The van der Waals surface area contributed by atoms with E-state index in [1.54, 1.807) is 0 Å². The summed E-state index contributed by atoms with van der Waals surface area (Å²) >= 11 is 0. The van der Waals surface area contributed by atoms with E-state index in [4.69, 9.17) is 0 Å². The maximum absolute atomic E-state index is 12.0. The van der Waals surface area contributed by atoms with Crippen LogP contribution in [0.2, 0.25) is 0 Å². The van der Waals surface area contributed by atoms with Crippen LogP contribution in [-0.2, 0) is 9.59 Å². The molecule has 18 heavy (non-hydrogen) atoms. The minimum atomic E-state index is -0.820. The second kappa shape index (κ2) is 6.21. The maximum atomic E-state index is 12.0. The summed E-state index contributed by atoms with van der Waals surface area (Å²) in [5, 5.41) is 12.3. The second-order valence-corrected chi connectivity index (χ2v) is 5.92. The molecule has 4 nitrogen and oxygen atoms in total. The molecule has 1 atom stereocenters. The van der Waals surface area contributed by atoms with Crippen molar-refractivity contribution in [1.29, 1.82) is 0 Å². The molecule has 4 heteroatoms. The number of amides is 1. The molecule has 1 aliphatic carbocycles. The fourth-order valence-electron chi connectivity index (χ4n) is 2.47. The third kappa shape index (κ3) is 3.72. The maximum Gasteiger partial charge on any atom is 0.310 e. The molecule has 104 valence electrons. The standard InChI is InChI=1S/C14H25NO3/c1-10(2)11(3)15-12(16)9-14(13(17)18)7-5-4-6-8-14/h10-11H,4-9H2,1-3H3,(H,15,16)(H,17,18). The van der Waals surface area contributed by atoms with Crippen LogP contribution in [0.5, 0.6) is 0 Å². The number of carboxylic acids is 1. The summed E-state index contributed by atoms with van der Waals surface area (Å²) in [4.78, 5) is 23.4. The molecule has 0 aromatic heterocycles. The normalized spacial score (nSPS) is 20.4. The molecule has 0 heterocycles. The average molecular weight is 255 g/mol. The van der Waals surface area contributed by atoms with E-state index in [1.807, 2.05) is 20.8 Å². The highest BCUT2D eigenvalue weighted by Gasteiger charge is 2.41. The zero-order valence-corrected chi connectivity index (χ0v) is 11.7. The Morgan fingerprint density at radius 3 is 2.17 bits per heavy atom.